The molecule has 5 heteroatoms. The summed E-state index contributed by atoms with van der Waals surface area (Å²) in [6.45, 7) is 3.64. The first-order valence-electron chi connectivity index (χ1n) is 9.26. The van der Waals surface area contributed by atoms with E-state index in [0.29, 0.717) is 17.3 Å². The second kappa shape index (κ2) is 7.58. The summed E-state index contributed by atoms with van der Waals surface area (Å²) in [5, 5.41) is 3.31. The van der Waals surface area contributed by atoms with Crippen molar-refractivity contribution in [2.45, 2.75) is 19.8 Å². The summed E-state index contributed by atoms with van der Waals surface area (Å²) < 4.78 is 0. The fraction of sp³-hybridized carbons (Fsp3) is 0.227. The SMILES string of the molecule is Cc1ccc(Nc2cc(C(=O)N3CCCC3)nc(-c3ccccc3)n2)cc1. The molecular weight excluding hydrogens is 336 g/mol. The van der Waals surface area contributed by atoms with E-state index >= 15 is 0 Å². The predicted octanol–water partition coefficient (Wildman–Crippen LogP) is 4.43. The zero-order valence-electron chi connectivity index (χ0n) is 15.4. The van der Waals surface area contributed by atoms with Crippen LogP contribution in [0, 0.1) is 6.92 Å². The van der Waals surface area contributed by atoms with Crippen molar-refractivity contribution in [3.63, 3.8) is 0 Å². The minimum atomic E-state index is -0.0287. The highest BCUT2D eigenvalue weighted by molar-refractivity contribution is 5.93. The molecule has 0 aliphatic carbocycles. The van der Waals surface area contributed by atoms with Crippen LogP contribution in [0.25, 0.3) is 11.4 Å². The molecule has 1 N–H and O–H groups in total. The van der Waals surface area contributed by atoms with Gasteiger partial charge in [-0.25, -0.2) is 9.97 Å². The Labute approximate surface area is 159 Å². The van der Waals surface area contributed by atoms with Crippen LogP contribution in [0.15, 0.2) is 60.7 Å². The summed E-state index contributed by atoms with van der Waals surface area (Å²) in [7, 11) is 0. The maximum absolute atomic E-state index is 12.9. The van der Waals surface area contributed by atoms with Gasteiger partial charge in [0.1, 0.15) is 11.5 Å². The predicted molar refractivity (Wildman–Crippen MR) is 107 cm³/mol. The average molecular weight is 358 g/mol. The number of carbonyl (C=O) groups excluding carboxylic acids is 1. The second-order valence-corrected chi connectivity index (χ2v) is 6.82. The summed E-state index contributed by atoms with van der Waals surface area (Å²) in [6.07, 6.45) is 2.10. The Kier molecular flexibility index (Phi) is 4.83. The standard InChI is InChI=1S/C22H22N4O/c1-16-9-11-18(12-10-16)23-20-15-19(22(27)26-13-5-6-14-26)24-21(25-20)17-7-3-2-4-8-17/h2-4,7-12,15H,5-6,13-14H2,1H3,(H,23,24,25). The zero-order chi connectivity index (χ0) is 18.6. The maximum Gasteiger partial charge on any atom is 0.272 e. The van der Waals surface area contributed by atoms with Gasteiger partial charge in [0.25, 0.3) is 5.91 Å². The average Bonchev–Trinajstić information content (AvgIpc) is 3.24. The molecule has 2 heterocycles. The number of anilines is 2. The molecule has 0 spiro atoms. The van der Waals surface area contributed by atoms with E-state index < -0.39 is 0 Å². The van der Waals surface area contributed by atoms with Crippen molar-refractivity contribution in [3.8, 4) is 11.4 Å². The van der Waals surface area contributed by atoms with E-state index in [1.54, 1.807) is 6.07 Å². The second-order valence-electron chi connectivity index (χ2n) is 6.82. The Bertz CT molecular complexity index is 932. The fourth-order valence-electron chi connectivity index (χ4n) is 3.20. The summed E-state index contributed by atoms with van der Waals surface area (Å²) in [5.41, 5.74) is 3.44. The van der Waals surface area contributed by atoms with Crippen molar-refractivity contribution < 1.29 is 4.79 Å². The zero-order valence-corrected chi connectivity index (χ0v) is 15.4. The first-order valence-corrected chi connectivity index (χ1v) is 9.26. The highest BCUT2D eigenvalue weighted by Crippen LogP contribution is 2.22. The van der Waals surface area contributed by atoms with Crippen molar-refractivity contribution >= 4 is 17.4 Å². The van der Waals surface area contributed by atoms with Crippen molar-refractivity contribution in [2.24, 2.45) is 0 Å². The highest BCUT2D eigenvalue weighted by atomic mass is 16.2. The van der Waals surface area contributed by atoms with Crippen LogP contribution in [0.3, 0.4) is 0 Å². The number of amides is 1. The van der Waals surface area contributed by atoms with Gasteiger partial charge in [-0.3, -0.25) is 4.79 Å². The van der Waals surface area contributed by atoms with E-state index in [1.165, 1.54) is 5.56 Å². The number of carbonyl (C=O) groups is 1. The van der Waals surface area contributed by atoms with Crippen LogP contribution < -0.4 is 5.32 Å². The third-order valence-corrected chi connectivity index (χ3v) is 4.69. The van der Waals surface area contributed by atoms with Gasteiger partial charge in [-0.1, -0.05) is 48.0 Å². The molecule has 1 aromatic heterocycles. The van der Waals surface area contributed by atoms with Crippen molar-refractivity contribution in [2.75, 3.05) is 18.4 Å². The lowest BCUT2D eigenvalue weighted by Gasteiger charge is -2.16. The van der Waals surface area contributed by atoms with Crippen LogP contribution in [-0.2, 0) is 0 Å². The number of hydrogen-bond donors (Lipinski definition) is 1. The Balaban J connectivity index is 1.71. The quantitative estimate of drug-likeness (QED) is 0.749. The van der Waals surface area contributed by atoms with Gasteiger partial charge in [0.15, 0.2) is 5.82 Å². The molecule has 0 atom stereocenters. The van der Waals surface area contributed by atoms with Gasteiger partial charge >= 0.3 is 0 Å². The largest absolute Gasteiger partial charge is 0.340 e. The number of hydrogen-bond acceptors (Lipinski definition) is 4. The van der Waals surface area contributed by atoms with E-state index in [2.05, 4.69) is 22.2 Å². The molecule has 1 aliphatic rings. The van der Waals surface area contributed by atoms with Gasteiger partial charge in [-0.05, 0) is 31.9 Å². The van der Waals surface area contributed by atoms with Gasteiger partial charge in [-0.2, -0.15) is 0 Å². The molecule has 0 unspecified atom stereocenters. The number of likely N-dealkylation sites (tertiary alicyclic amines) is 1. The molecule has 1 aliphatic heterocycles. The Morgan fingerprint density at radius 2 is 1.67 bits per heavy atom. The maximum atomic E-state index is 12.9. The Hall–Kier alpha value is -3.21. The first kappa shape index (κ1) is 17.2. The van der Waals surface area contributed by atoms with Crippen molar-refractivity contribution in [1.29, 1.82) is 0 Å². The molecule has 5 nitrogen and oxygen atoms in total. The van der Waals surface area contributed by atoms with Crippen LogP contribution in [0.5, 0.6) is 0 Å². The van der Waals surface area contributed by atoms with Crippen LogP contribution in [-0.4, -0.2) is 33.9 Å². The summed E-state index contributed by atoms with van der Waals surface area (Å²) in [4.78, 5) is 24.0. The van der Waals surface area contributed by atoms with Gasteiger partial charge in [-0.15, -0.1) is 0 Å². The molecule has 1 saturated heterocycles. The van der Waals surface area contributed by atoms with E-state index in [1.807, 2.05) is 59.5 Å². The van der Waals surface area contributed by atoms with Gasteiger partial charge in [0, 0.05) is 30.4 Å². The molecule has 1 fully saturated rings. The lowest BCUT2D eigenvalue weighted by atomic mass is 10.2. The number of benzene rings is 2. The number of aryl methyl sites for hydroxylation is 1. The molecule has 27 heavy (non-hydrogen) atoms. The van der Waals surface area contributed by atoms with Gasteiger partial charge in [0.2, 0.25) is 0 Å². The third kappa shape index (κ3) is 3.97. The van der Waals surface area contributed by atoms with Crippen LogP contribution in [0.2, 0.25) is 0 Å². The van der Waals surface area contributed by atoms with Crippen LogP contribution in [0.4, 0.5) is 11.5 Å². The number of rotatable bonds is 4. The minimum absolute atomic E-state index is 0.0287. The van der Waals surface area contributed by atoms with Gasteiger partial charge < -0.3 is 10.2 Å². The highest BCUT2D eigenvalue weighted by Gasteiger charge is 2.22. The smallest absolute Gasteiger partial charge is 0.272 e. The van der Waals surface area contributed by atoms with Crippen LogP contribution >= 0.6 is 0 Å². The molecule has 2 aromatic carbocycles. The molecule has 0 saturated carbocycles. The van der Waals surface area contributed by atoms with E-state index in [4.69, 9.17) is 0 Å². The summed E-state index contributed by atoms with van der Waals surface area (Å²) in [6, 6.07) is 19.6. The Morgan fingerprint density at radius 1 is 0.963 bits per heavy atom. The normalized spacial score (nSPS) is 13.6. The number of nitrogens with one attached hydrogen (secondary N) is 1. The van der Waals surface area contributed by atoms with E-state index in [-0.39, 0.29) is 5.91 Å². The lowest BCUT2D eigenvalue weighted by Crippen LogP contribution is -2.28. The monoisotopic (exact) mass is 358 g/mol. The topological polar surface area (TPSA) is 58.1 Å². The fourth-order valence-corrected chi connectivity index (χ4v) is 3.20. The molecule has 4 rings (SSSR count). The lowest BCUT2D eigenvalue weighted by molar-refractivity contribution is 0.0787. The minimum Gasteiger partial charge on any atom is -0.340 e. The Morgan fingerprint density at radius 3 is 2.37 bits per heavy atom. The van der Waals surface area contributed by atoms with Crippen molar-refractivity contribution in [3.05, 3.63) is 71.9 Å². The third-order valence-electron chi connectivity index (χ3n) is 4.69. The number of nitrogens with zero attached hydrogens (tertiary/aromatic N) is 3. The first-order chi connectivity index (χ1) is 13.2. The van der Waals surface area contributed by atoms with Gasteiger partial charge in [0.05, 0.1) is 0 Å². The molecule has 3 aromatic rings. The molecule has 136 valence electrons. The summed E-state index contributed by atoms with van der Waals surface area (Å²) in [5.74, 6) is 1.14. The molecule has 0 radical (unpaired) electrons. The van der Waals surface area contributed by atoms with E-state index in [0.717, 1.165) is 37.2 Å². The number of aromatic nitrogens is 2. The molecular formula is C22H22N4O. The van der Waals surface area contributed by atoms with Crippen molar-refractivity contribution in [1.82, 2.24) is 14.9 Å². The molecule has 1 amide bonds. The van der Waals surface area contributed by atoms with Crippen LogP contribution in [0.1, 0.15) is 28.9 Å². The summed E-state index contributed by atoms with van der Waals surface area (Å²) >= 11 is 0. The van der Waals surface area contributed by atoms with E-state index in [9.17, 15) is 4.79 Å². The molecule has 0 bridgehead atoms.